The minimum absolute atomic E-state index is 0.177. The number of carbonyl (C=O) groups is 4. The van der Waals surface area contributed by atoms with Gasteiger partial charge in [0.05, 0.1) is 23.1 Å². The van der Waals surface area contributed by atoms with Gasteiger partial charge >= 0.3 is 5.97 Å². The molecule has 0 spiro atoms. The number of benzene rings is 2. The highest BCUT2D eigenvalue weighted by Crippen LogP contribution is 2.40. The third kappa shape index (κ3) is 4.21. The zero-order chi connectivity index (χ0) is 22.0. The molecule has 2 aromatic rings. The van der Waals surface area contributed by atoms with Crippen molar-refractivity contribution in [2.24, 2.45) is 11.8 Å². The molecule has 2 aliphatic rings. The van der Waals surface area contributed by atoms with Gasteiger partial charge in [-0.25, -0.2) is 4.79 Å². The number of fused-ring (bicyclic) bond motifs is 1. The van der Waals surface area contributed by atoms with Gasteiger partial charge in [-0.05, 0) is 49.6 Å². The highest BCUT2D eigenvalue weighted by atomic mass is 16.5. The Bertz CT molecular complexity index is 1020. The fourth-order valence-electron chi connectivity index (χ4n) is 4.30. The lowest BCUT2D eigenvalue weighted by atomic mass is 9.81. The predicted octanol–water partition coefficient (Wildman–Crippen LogP) is 3.47. The Balaban J connectivity index is 1.41. The van der Waals surface area contributed by atoms with E-state index in [0.29, 0.717) is 11.4 Å². The number of rotatable bonds is 5. The van der Waals surface area contributed by atoms with Crippen LogP contribution in [0.2, 0.25) is 0 Å². The third-order valence-corrected chi connectivity index (χ3v) is 5.93. The summed E-state index contributed by atoms with van der Waals surface area (Å²) in [6.07, 6.45) is 3.35. The van der Waals surface area contributed by atoms with E-state index in [9.17, 15) is 19.2 Å². The molecular weight excluding hydrogens is 396 g/mol. The van der Waals surface area contributed by atoms with E-state index < -0.39 is 18.5 Å². The molecule has 0 radical (unpaired) electrons. The lowest BCUT2D eigenvalue weighted by molar-refractivity contribution is -0.122. The summed E-state index contributed by atoms with van der Waals surface area (Å²) in [5.41, 5.74) is 2.09. The monoisotopic (exact) mass is 420 g/mol. The van der Waals surface area contributed by atoms with Crippen LogP contribution in [0.3, 0.4) is 0 Å². The second-order valence-electron chi connectivity index (χ2n) is 8.00. The van der Waals surface area contributed by atoms with E-state index in [1.807, 2.05) is 19.1 Å². The van der Waals surface area contributed by atoms with E-state index in [-0.39, 0.29) is 29.2 Å². The van der Waals surface area contributed by atoms with Gasteiger partial charge in [0.25, 0.3) is 5.91 Å². The topological polar surface area (TPSA) is 92.8 Å². The Labute approximate surface area is 180 Å². The van der Waals surface area contributed by atoms with Crippen LogP contribution in [0.5, 0.6) is 0 Å². The average molecular weight is 420 g/mol. The van der Waals surface area contributed by atoms with E-state index in [1.165, 1.54) is 17.0 Å². The van der Waals surface area contributed by atoms with Crippen LogP contribution in [0.15, 0.2) is 48.5 Å². The molecule has 3 amide bonds. The van der Waals surface area contributed by atoms with Gasteiger partial charge in [-0.1, -0.05) is 37.1 Å². The van der Waals surface area contributed by atoms with Gasteiger partial charge < -0.3 is 10.1 Å². The van der Waals surface area contributed by atoms with Crippen LogP contribution in [0.25, 0.3) is 0 Å². The number of nitrogens with zero attached hydrogens (tertiary/aromatic N) is 1. The van der Waals surface area contributed by atoms with Gasteiger partial charge in [0, 0.05) is 5.69 Å². The number of nitrogens with one attached hydrogen (secondary N) is 1. The minimum Gasteiger partial charge on any atom is -0.452 e. The van der Waals surface area contributed by atoms with Gasteiger partial charge in [-0.2, -0.15) is 0 Å². The van der Waals surface area contributed by atoms with E-state index in [4.69, 9.17) is 4.74 Å². The first-order chi connectivity index (χ1) is 15.0. The number of ether oxygens (including phenoxy) is 1. The molecule has 1 aliphatic carbocycles. The molecule has 1 N–H and O–H groups in total. The summed E-state index contributed by atoms with van der Waals surface area (Å²) in [5, 5.41) is 2.70. The normalized spacial score (nSPS) is 20.4. The smallest absolute Gasteiger partial charge is 0.338 e. The Morgan fingerprint density at radius 3 is 2.35 bits per heavy atom. The number of amides is 3. The quantitative estimate of drug-likeness (QED) is 0.591. The summed E-state index contributed by atoms with van der Waals surface area (Å²) >= 11 is 0. The van der Waals surface area contributed by atoms with Crippen molar-refractivity contribution in [1.82, 2.24) is 0 Å². The maximum Gasteiger partial charge on any atom is 0.338 e. The van der Waals surface area contributed by atoms with Crippen molar-refractivity contribution in [3.63, 3.8) is 0 Å². The predicted molar refractivity (Wildman–Crippen MR) is 114 cm³/mol. The highest BCUT2D eigenvalue weighted by Gasteiger charge is 2.48. The van der Waals surface area contributed by atoms with Crippen molar-refractivity contribution in [1.29, 1.82) is 0 Å². The molecule has 2 fully saturated rings. The molecule has 0 unspecified atom stereocenters. The molecule has 160 valence electrons. The number of carbonyl (C=O) groups excluding carboxylic acids is 4. The maximum absolute atomic E-state index is 12.8. The third-order valence-electron chi connectivity index (χ3n) is 5.93. The van der Waals surface area contributed by atoms with E-state index in [1.54, 1.807) is 24.3 Å². The Morgan fingerprint density at radius 1 is 1.00 bits per heavy atom. The molecule has 1 aliphatic heterocycles. The van der Waals surface area contributed by atoms with Gasteiger partial charge in [-0.3, -0.25) is 19.3 Å². The second-order valence-corrected chi connectivity index (χ2v) is 8.00. The van der Waals surface area contributed by atoms with Crippen molar-refractivity contribution >= 4 is 35.1 Å². The minimum atomic E-state index is -0.696. The van der Waals surface area contributed by atoms with Crippen LogP contribution < -0.4 is 10.2 Å². The van der Waals surface area contributed by atoms with Crippen molar-refractivity contribution in [2.75, 3.05) is 16.8 Å². The SMILES string of the molecule is Cc1ccccc1NC(=O)COC(=O)c1cccc(N2C(=O)[C@H]3CCCC[C@@H]3C2=O)c1. The molecule has 1 saturated carbocycles. The summed E-state index contributed by atoms with van der Waals surface area (Å²) < 4.78 is 5.13. The Kier molecular flexibility index (Phi) is 5.84. The van der Waals surface area contributed by atoms with E-state index in [2.05, 4.69) is 5.32 Å². The Morgan fingerprint density at radius 2 is 1.68 bits per heavy atom. The highest BCUT2D eigenvalue weighted by molar-refractivity contribution is 6.22. The van der Waals surface area contributed by atoms with Gasteiger partial charge in [0.15, 0.2) is 6.61 Å². The molecule has 4 rings (SSSR count). The van der Waals surface area contributed by atoms with Crippen molar-refractivity contribution in [2.45, 2.75) is 32.6 Å². The molecule has 1 saturated heterocycles. The van der Waals surface area contributed by atoms with E-state index in [0.717, 1.165) is 31.2 Å². The Hall–Kier alpha value is -3.48. The standard InChI is InChI=1S/C24H24N2O5/c1-15-7-2-5-12-20(15)25-21(27)14-31-24(30)16-8-6-9-17(13-16)26-22(28)18-10-3-4-11-19(18)23(26)29/h2,5-9,12-13,18-19H,3-4,10-11,14H2,1H3,(H,25,27)/t18-,19-/m0/s1. The second kappa shape index (κ2) is 8.71. The van der Waals surface area contributed by atoms with Crippen LogP contribution >= 0.6 is 0 Å². The number of hydrogen-bond acceptors (Lipinski definition) is 5. The molecule has 2 atom stereocenters. The van der Waals surface area contributed by atoms with Gasteiger partial charge in [-0.15, -0.1) is 0 Å². The van der Waals surface area contributed by atoms with Crippen LogP contribution in [0.1, 0.15) is 41.6 Å². The first-order valence-corrected chi connectivity index (χ1v) is 10.5. The zero-order valence-corrected chi connectivity index (χ0v) is 17.3. The van der Waals surface area contributed by atoms with Crippen molar-refractivity contribution < 1.29 is 23.9 Å². The number of hydrogen-bond donors (Lipinski definition) is 1. The number of para-hydroxylation sites is 1. The fraction of sp³-hybridized carbons (Fsp3) is 0.333. The lowest BCUT2D eigenvalue weighted by Gasteiger charge is -2.19. The zero-order valence-electron chi connectivity index (χ0n) is 17.3. The van der Waals surface area contributed by atoms with Crippen LogP contribution in [0, 0.1) is 18.8 Å². The molecular formula is C24H24N2O5. The average Bonchev–Trinajstić information content (AvgIpc) is 3.04. The molecule has 2 aromatic carbocycles. The summed E-state index contributed by atoms with van der Waals surface area (Å²) in [5.74, 6) is -2.06. The largest absolute Gasteiger partial charge is 0.452 e. The van der Waals surface area contributed by atoms with Crippen molar-refractivity contribution in [3.8, 4) is 0 Å². The molecule has 31 heavy (non-hydrogen) atoms. The molecule has 0 bridgehead atoms. The number of aryl methyl sites for hydroxylation is 1. The summed E-state index contributed by atoms with van der Waals surface area (Å²) in [4.78, 5) is 51.3. The fourth-order valence-corrected chi connectivity index (χ4v) is 4.30. The van der Waals surface area contributed by atoms with Crippen LogP contribution in [-0.2, 0) is 19.1 Å². The van der Waals surface area contributed by atoms with E-state index >= 15 is 0 Å². The van der Waals surface area contributed by atoms with Gasteiger partial charge in [0.1, 0.15) is 0 Å². The number of esters is 1. The summed E-state index contributed by atoms with van der Waals surface area (Å²) in [7, 11) is 0. The van der Waals surface area contributed by atoms with Crippen molar-refractivity contribution in [3.05, 3.63) is 59.7 Å². The number of anilines is 2. The summed E-state index contributed by atoms with van der Waals surface area (Å²) in [6, 6.07) is 13.5. The molecule has 1 heterocycles. The first-order valence-electron chi connectivity index (χ1n) is 10.5. The first kappa shape index (κ1) is 20.8. The molecule has 0 aromatic heterocycles. The maximum atomic E-state index is 12.8. The number of imide groups is 1. The van der Waals surface area contributed by atoms with Gasteiger partial charge in [0.2, 0.25) is 11.8 Å². The summed E-state index contributed by atoms with van der Waals surface area (Å²) in [6.45, 7) is 1.42. The van der Waals surface area contributed by atoms with Crippen LogP contribution in [-0.4, -0.2) is 30.3 Å². The molecule has 7 heteroatoms. The van der Waals surface area contributed by atoms with Crippen LogP contribution in [0.4, 0.5) is 11.4 Å². The molecule has 7 nitrogen and oxygen atoms in total. The lowest BCUT2D eigenvalue weighted by Crippen LogP contribution is -2.31.